The molecular formula is C17H27N5O2. The van der Waals surface area contributed by atoms with Crippen LogP contribution in [0.15, 0.2) is 6.33 Å². The monoisotopic (exact) mass is 333 g/mol. The van der Waals surface area contributed by atoms with Crippen LogP contribution in [0.2, 0.25) is 0 Å². The lowest BCUT2D eigenvalue weighted by Crippen LogP contribution is -2.44. The Morgan fingerprint density at radius 3 is 2.58 bits per heavy atom. The Morgan fingerprint density at radius 1 is 1.25 bits per heavy atom. The summed E-state index contributed by atoms with van der Waals surface area (Å²) >= 11 is 0. The number of piperidine rings is 1. The number of nitrogens with one attached hydrogen (secondary N) is 1. The number of aryl methyl sites for hydroxylation is 1. The van der Waals surface area contributed by atoms with Crippen molar-refractivity contribution in [1.82, 2.24) is 25.0 Å². The summed E-state index contributed by atoms with van der Waals surface area (Å²) in [5, 5.41) is 7.27. The minimum absolute atomic E-state index is 0.0155. The molecule has 1 atom stereocenters. The number of nitrogens with zero attached hydrogens (tertiary/aromatic N) is 4. The molecule has 7 heteroatoms. The fourth-order valence-electron chi connectivity index (χ4n) is 3.34. The van der Waals surface area contributed by atoms with Gasteiger partial charge >= 0.3 is 0 Å². The van der Waals surface area contributed by atoms with Crippen LogP contribution in [0, 0.1) is 11.8 Å². The maximum atomic E-state index is 12.5. The predicted molar refractivity (Wildman–Crippen MR) is 88.9 cm³/mol. The van der Waals surface area contributed by atoms with Gasteiger partial charge in [-0.3, -0.25) is 9.59 Å². The molecule has 1 aliphatic carbocycles. The van der Waals surface area contributed by atoms with Crippen LogP contribution >= 0.6 is 0 Å². The Hall–Kier alpha value is -1.92. The van der Waals surface area contributed by atoms with E-state index in [-0.39, 0.29) is 29.7 Å². The lowest BCUT2D eigenvalue weighted by atomic mass is 9.95. The summed E-state index contributed by atoms with van der Waals surface area (Å²) in [5.41, 5.74) is 0. The molecule has 0 bridgehead atoms. The van der Waals surface area contributed by atoms with E-state index in [0.29, 0.717) is 13.1 Å². The molecular weight excluding hydrogens is 306 g/mol. The Bertz CT molecular complexity index is 588. The lowest BCUT2D eigenvalue weighted by Gasteiger charge is -2.32. The van der Waals surface area contributed by atoms with Crippen molar-refractivity contribution in [3.63, 3.8) is 0 Å². The van der Waals surface area contributed by atoms with E-state index in [0.717, 1.165) is 44.5 Å². The minimum Gasteiger partial charge on any atom is -0.346 e. The molecule has 0 aromatic carbocycles. The Kier molecular flexibility index (Phi) is 5.16. The third-order valence-corrected chi connectivity index (χ3v) is 4.93. The molecule has 0 radical (unpaired) electrons. The molecule has 7 nitrogen and oxygen atoms in total. The topological polar surface area (TPSA) is 80.1 Å². The first-order chi connectivity index (χ1) is 11.6. The summed E-state index contributed by atoms with van der Waals surface area (Å²) in [6.07, 6.45) is 6.09. The van der Waals surface area contributed by atoms with Crippen LogP contribution in [-0.2, 0) is 16.1 Å². The van der Waals surface area contributed by atoms with Crippen LogP contribution in [0.4, 0.5) is 0 Å². The fraction of sp³-hybridized carbons (Fsp3) is 0.765. The molecule has 0 unspecified atom stereocenters. The molecule has 1 aromatic rings. The first kappa shape index (κ1) is 16.9. The number of aromatic nitrogens is 3. The lowest BCUT2D eigenvalue weighted by molar-refractivity contribution is -0.136. The number of likely N-dealkylation sites (tertiary alicyclic amines) is 1. The van der Waals surface area contributed by atoms with Gasteiger partial charge in [-0.2, -0.15) is 5.10 Å². The highest BCUT2D eigenvalue weighted by Crippen LogP contribution is 2.32. The SMILES string of the molecule is CCCn1ncnc1[C@@H](C)NC(=O)C1CCN(C(=O)C2CC2)CC1. The zero-order chi connectivity index (χ0) is 17.1. The van der Waals surface area contributed by atoms with E-state index < -0.39 is 0 Å². The first-order valence-electron chi connectivity index (χ1n) is 9.07. The largest absolute Gasteiger partial charge is 0.346 e. The normalized spacial score (nSPS) is 20.0. The second kappa shape index (κ2) is 7.32. The number of hydrogen-bond acceptors (Lipinski definition) is 4. The maximum absolute atomic E-state index is 12.5. The molecule has 2 fully saturated rings. The molecule has 1 aromatic heterocycles. The second-order valence-electron chi connectivity index (χ2n) is 6.95. The van der Waals surface area contributed by atoms with Gasteiger partial charge in [-0.15, -0.1) is 0 Å². The highest BCUT2D eigenvalue weighted by molar-refractivity contribution is 5.82. The van der Waals surface area contributed by atoms with E-state index >= 15 is 0 Å². The predicted octanol–water partition coefficient (Wildman–Crippen LogP) is 1.51. The average Bonchev–Trinajstić information content (AvgIpc) is 3.34. The highest BCUT2D eigenvalue weighted by atomic mass is 16.2. The van der Waals surface area contributed by atoms with Gasteiger partial charge in [-0.1, -0.05) is 6.92 Å². The molecule has 24 heavy (non-hydrogen) atoms. The van der Waals surface area contributed by atoms with Crippen molar-refractivity contribution < 1.29 is 9.59 Å². The van der Waals surface area contributed by atoms with Gasteiger partial charge < -0.3 is 10.2 Å². The molecule has 132 valence electrons. The summed E-state index contributed by atoms with van der Waals surface area (Å²) in [4.78, 5) is 30.8. The second-order valence-corrected chi connectivity index (χ2v) is 6.95. The van der Waals surface area contributed by atoms with Crippen LogP contribution in [0.3, 0.4) is 0 Å². The van der Waals surface area contributed by atoms with Gasteiger partial charge in [0.05, 0.1) is 6.04 Å². The Morgan fingerprint density at radius 2 is 1.96 bits per heavy atom. The molecule has 0 spiro atoms. The van der Waals surface area contributed by atoms with Crippen LogP contribution in [0.5, 0.6) is 0 Å². The van der Waals surface area contributed by atoms with E-state index in [2.05, 4.69) is 22.3 Å². The van der Waals surface area contributed by atoms with Crippen LogP contribution in [0.25, 0.3) is 0 Å². The summed E-state index contributed by atoms with van der Waals surface area (Å²) in [7, 11) is 0. The van der Waals surface area contributed by atoms with Crippen molar-refractivity contribution in [1.29, 1.82) is 0 Å². The standard InChI is InChI=1S/C17H27N5O2/c1-3-8-22-15(18-11-19-22)12(2)20-16(23)13-6-9-21(10-7-13)17(24)14-4-5-14/h11-14H,3-10H2,1-2H3,(H,20,23)/t12-/m1/s1. The van der Waals surface area contributed by atoms with Gasteiger partial charge in [0, 0.05) is 31.5 Å². The highest BCUT2D eigenvalue weighted by Gasteiger charge is 2.36. The number of rotatable bonds is 6. The molecule has 2 aliphatic rings. The number of carbonyl (C=O) groups excluding carboxylic acids is 2. The first-order valence-corrected chi connectivity index (χ1v) is 9.07. The average molecular weight is 333 g/mol. The van der Waals surface area contributed by atoms with Crippen molar-refractivity contribution in [2.45, 2.75) is 58.5 Å². The van der Waals surface area contributed by atoms with Crippen molar-refractivity contribution >= 4 is 11.8 Å². The molecule has 1 aliphatic heterocycles. The third kappa shape index (κ3) is 3.76. The molecule has 3 rings (SSSR count). The zero-order valence-electron chi connectivity index (χ0n) is 14.6. The van der Waals surface area contributed by atoms with Crippen LogP contribution in [0.1, 0.15) is 57.8 Å². The fourth-order valence-corrected chi connectivity index (χ4v) is 3.34. The van der Waals surface area contributed by atoms with E-state index in [9.17, 15) is 9.59 Å². The molecule has 1 N–H and O–H groups in total. The molecule has 1 saturated carbocycles. The summed E-state index contributed by atoms with van der Waals surface area (Å²) in [6.45, 7) is 6.24. The number of hydrogen-bond donors (Lipinski definition) is 1. The van der Waals surface area contributed by atoms with Crippen LogP contribution in [-0.4, -0.2) is 44.6 Å². The van der Waals surface area contributed by atoms with Crippen molar-refractivity contribution in [3.8, 4) is 0 Å². The molecule has 1 saturated heterocycles. The van der Waals surface area contributed by atoms with Gasteiger partial charge in [0.15, 0.2) is 0 Å². The number of carbonyl (C=O) groups is 2. The minimum atomic E-state index is -0.155. The van der Waals surface area contributed by atoms with Gasteiger partial charge in [0.2, 0.25) is 11.8 Å². The molecule has 2 heterocycles. The van der Waals surface area contributed by atoms with Crippen molar-refractivity contribution in [2.75, 3.05) is 13.1 Å². The molecule has 2 amide bonds. The van der Waals surface area contributed by atoms with Gasteiger partial charge in [0.1, 0.15) is 12.2 Å². The van der Waals surface area contributed by atoms with Crippen LogP contribution < -0.4 is 5.32 Å². The Balaban J connectivity index is 1.50. The summed E-state index contributed by atoms with van der Waals surface area (Å²) in [6, 6.07) is -0.155. The van der Waals surface area contributed by atoms with Gasteiger partial charge in [-0.05, 0) is 39.0 Å². The summed E-state index contributed by atoms with van der Waals surface area (Å²) in [5.74, 6) is 1.40. The zero-order valence-corrected chi connectivity index (χ0v) is 14.6. The van der Waals surface area contributed by atoms with Crippen molar-refractivity contribution in [2.24, 2.45) is 11.8 Å². The Labute approximate surface area is 142 Å². The quantitative estimate of drug-likeness (QED) is 0.856. The van der Waals surface area contributed by atoms with E-state index in [1.54, 1.807) is 0 Å². The summed E-state index contributed by atoms with van der Waals surface area (Å²) < 4.78 is 1.85. The third-order valence-electron chi connectivity index (χ3n) is 4.93. The van der Waals surface area contributed by atoms with Gasteiger partial charge in [0.25, 0.3) is 0 Å². The van der Waals surface area contributed by atoms with E-state index in [4.69, 9.17) is 0 Å². The van der Waals surface area contributed by atoms with Gasteiger partial charge in [-0.25, -0.2) is 9.67 Å². The maximum Gasteiger partial charge on any atom is 0.225 e. The van der Waals surface area contributed by atoms with Crippen molar-refractivity contribution in [3.05, 3.63) is 12.2 Å². The van der Waals surface area contributed by atoms with E-state index in [1.165, 1.54) is 6.33 Å². The van der Waals surface area contributed by atoms with E-state index in [1.807, 2.05) is 16.5 Å². The smallest absolute Gasteiger partial charge is 0.225 e. The number of amides is 2.